The number of aromatic nitrogens is 1. The number of fused-ring (bicyclic) bond motifs is 1. The maximum Gasteiger partial charge on any atom is 0.240 e. The van der Waals surface area contributed by atoms with E-state index in [4.69, 9.17) is 23.2 Å². The van der Waals surface area contributed by atoms with Crippen LogP contribution in [0.4, 0.5) is 0 Å². The maximum atomic E-state index is 12.5. The van der Waals surface area contributed by atoms with Gasteiger partial charge in [-0.15, -0.1) is 0 Å². The molecule has 0 fully saturated rings. The van der Waals surface area contributed by atoms with Crippen LogP contribution in [0.3, 0.4) is 0 Å². The maximum absolute atomic E-state index is 12.5. The van der Waals surface area contributed by atoms with Gasteiger partial charge in [-0.05, 0) is 41.5 Å². The lowest BCUT2D eigenvalue weighted by Crippen LogP contribution is -2.24. The number of amides is 1. The van der Waals surface area contributed by atoms with Gasteiger partial charge in [0.15, 0.2) is 0 Å². The minimum atomic E-state index is -0.158. The van der Waals surface area contributed by atoms with Crippen molar-refractivity contribution in [2.45, 2.75) is 25.9 Å². The minimum Gasteiger partial charge on any atom is -0.343 e. The van der Waals surface area contributed by atoms with Gasteiger partial charge in [0.25, 0.3) is 0 Å². The summed E-state index contributed by atoms with van der Waals surface area (Å²) in [5.41, 5.74) is 5.25. The Bertz CT molecular complexity index is 1320. The van der Waals surface area contributed by atoms with Gasteiger partial charge in [0.1, 0.15) is 0 Å². The highest BCUT2D eigenvalue weighted by Gasteiger charge is 2.33. The summed E-state index contributed by atoms with van der Waals surface area (Å²) in [6.45, 7) is 2.28. The largest absolute Gasteiger partial charge is 0.343 e. The first-order valence-electron chi connectivity index (χ1n) is 10.4. The fourth-order valence-electron chi connectivity index (χ4n) is 4.32. The molecule has 0 saturated carbocycles. The molecule has 1 aromatic heterocycles. The van der Waals surface area contributed by atoms with Gasteiger partial charge in [0.05, 0.1) is 11.8 Å². The number of hydrazone groups is 1. The summed E-state index contributed by atoms with van der Waals surface area (Å²) >= 11 is 12.1. The average Bonchev–Trinajstić information content (AvgIpc) is 3.38. The Morgan fingerprint density at radius 3 is 2.31 bits per heavy atom. The number of hydrogen-bond donors (Lipinski definition) is 0. The first-order valence-corrected chi connectivity index (χ1v) is 11.2. The van der Waals surface area contributed by atoms with E-state index in [0.717, 1.165) is 44.9 Å². The monoisotopic (exact) mass is 461 g/mol. The first-order chi connectivity index (χ1) is 15.5. The fraction of sp³-hybridized carbons (Fsp3) is 0.154. The molecule has 32 heavy (non-hydrogen) atoms. The summed E-state index contributed by atoms with van der Waals surface area (Å²) in [6, 6.07) is 23.6. The van der Waals surface area contributed by atoms with Gasteiger partial charge in [0.2, 0.25) is 5.91 Å². The molecule has 1 aliphatic rings. The predicted octanol–water partition coefficient (Wildman–Crippen LogP) is 6.69. The standard InChI is InChI=1S/C26H21Cl2N3O/c1-17(32)31-26(14-24(29-31)19-8-12-21(28)13-9-19)23-16-30(25-5-3-2-4-22(23)25)15-18-6-10-20(27)11-7-18/h2-13,16,26H,14-15H2,1H3. The molecule has 0 spiro atoms. The Labute approximate surface area is 196 Å². The lowest BCUT2D eigenvalue weighted by Gasteiger charge is -2.19. The summed E-state index contributed by atoms with van der Waals surface area (Å²) in [5.74, 6) is -0.0755. The number of nitrogens with zero attached hydrogens (tertiary/aromatic N) is 3. The Kier molecular flexibility index (Phi) is 5.50. The number of carbonyl (C=O) groups excluding carboxylic acids is 1. The van der Waals surface area contributed by atoms with E-state index in [9.17, 15) is 4.79 Å². The Morgan fingerprint density at radius 1 is 0.969 bits per heavy atom. The molecular formula is C26H21Cl2N3O. The van der Waals surface area contributed by atoms with E-state index in [1.54, 1.807) is 11.9 Å². The Balaban J connectivity index is 1.54. The average molecular weight is 462 g/mol. The van der Waals surface area contributed by atoms with Gasteiger partial charge < -0.3 is 4.57 Å². The third kappa shape index (κ3) is 3.92. The van der Waals surface area contributed by atoms with Crippen LogP contribution in [0.15, 0.2) is 84.1 Å². The second kappa shape index (κ2) is 8.45. The lowest BCUT2D eigenvalue weighted by molar-refractivity contribution is -0.130. The van der Waals surface area contributed by atoms with Crippen molar-refractivity contribution in [1.82, 2.24) is 9.58 Å². The van der Waals surface area contributed by atoms with Crippen LogP contribution < -0.4 is 0 Å². The van der Waals surface area contributed by atoms with E-state index in [0.29, 0.717) is 11.4 Å². The quantitative estimate of drug-likeness (QED) is 0.333. The van der Waals surface area contributed by atoms with Crippen LogP contribution in [0, 0.1) is 0 Å². The molecular weight excluding hydrogens is 441 g/mol. The zero-order valence-electron chi connectivity index (χ0n) is 17.5. The third-order valence-corrected chi connectivity index (χ3v) is 6.36. The molecule has 0 bridgehead atoms. The number of benzene rings is 3. The van der Waals surface area contributed by atoms with Crippen molar-refractivity contribution in [2.24, 2.45) is 5.10 Å². The number of rotatable bonds is 4. The summed E-state index contributed by atoms with van der Waals surface area (Å²) in [5, 5.41) is 8.83. The predicted molar refractivity (Wildman–Crippen MR) is 130 cm³/mol. The van der Waals surface area contributed by atoms with Crippen LogP contribution in [0.2, 0.25) is 10.0 Å². The van der Waals surface area contributed by atoms with Crippen molar-refractivity contribution in [3.05, 3.63) is 106 Å². The first kappa shape index (κ1) is 20.8. The second-order valence-electron chi connectivity index (χ2n) is 7.99. The topological polar surface area (TPSA) is 37.6 Å². The van der Waals surface area contributed by atoms with Crippen LogP contribution >= 0.6 is 23.2 Å². The summed E-state index contributed by atoms with van der Waals surface area (Å²) in [7, 11) is 0. The van der Waals surface area contributed by atoms with E-state index < -0.39 is 0 Å². The minimum absolute atomic E-state index is 0.0755. The molecule has 2 heterocycles. The summed E-state index contributed by atoms with van der Waals surface area (Å²) in [4.78, 5) is 12.5. The van der Waals surface area contributed by atoms with Gasteiger partial charge >= 0.3 is 0 Å². The van der Waals surface area contributed by atoms with Crippen molar-refractivity contribution in [1.29, 1.82) is 0 Å². The highest BCUT2D eigenvalue weighted by atomic mass is 35.5. The summed E-state index contributed by atoms with van der Waals surface area (Å²) in [6.07, 6.45) is 2.80. The molecule has 1 amide bonds. The molecule has 5 rings (SSSR count). The number of hydrogen-bond acceptors (Lipinski definition) is 2. The van der Waals surface area contributed by atoms with Crippen molar-refractivity contribution in [3.63, 3.8) is 0 Å². The van der Waals surface area contributed by atoms with Crippen molar-refractivity contribution < 1.29 is 4.79 Å². The number of carbonyl (C=O) groups is 1. The third-order valence-electron chi connectivity index (χ3n) is 5.86. The lowest BCUT2D eigenvalue weighted by atomic mass is 9.98. The van der Waals surface area contributed by atoms with Gasteiger partial charge in [-0.3, -0.25) is 4.79 Å². The van der Waals surface area contributed by atoms with Gasteiger partial charge in [-0.1, -0.05) is 65.7 Å². The molecule has 6 heteroatoms. The zero-order valence-corrected chi connectivity index (χ0v) is 19.0. The normalized spacial score (nSPS) is 15.9. The SMILES string of the molecule is CC(=O)N1N=C(c2ccc(Cl)cc2)CC1c1cn(Cc2ccc(Cl)cc2)c2ccccc12. The van der Waals surface area contributed by atoms with Crippen molar-refractivity contribution >= 4 is 45.7 Å². The van der Waals surface area contributed by atoms with Crippen molar-refractivity contribution in [2.75, 3.05) is 0 Å². The molecule has 1 atom stereocenters. The van der Waals surface area contributed by atoms with Crippen LogP contribution in [0.1, 0.15) is 36.1 Å². The Morgan fingerprint density at radius 2 is 1.62 bits per heavy atom. The molecule has 3 aromatic carbocycles. The fourth-order valence-corrected chi connectivity index (χ4v) is 4.57. The van der Waals surface area contributed by atoms with Gasteiger partial charge in [0, 0.05) is 52.6 Å². The molecule has 0 radical (unpaired) electrons. The van der Waals surface area contributed by atoms with E-state index >= 15 is 0 Å². The molecule has 160 valence electrons. The molecule has 0 saturated heterocycles. The molecule has 0 aliphatic carbocycles. The van der Waals surface area contributed by atoms with Crippen LogP contribution in [0.25, 0.3) is 10.9 Å². The molecule has 4 aromatic rings. The number of para-hydroxylation sites is 1. The number of halogens is 2. The van der Waals surface area contributed by atoms with Crippen LogP contribution in [-0.2, 0) is 11.3 Å². The van der Waals surface area contributed by atoms with E-state index in [2.05, 4.69) is 28.0 Å². The summed E-state index contributed by atoms with van der Waals surface area (Å²) < 4.78 is 2.23. The zero-order chi connectivity index (χ0) is 22.2. The molecule has 0 N–H and O–H groups in total. The molecule has 1 unspecified atom stereocenters. The molecule has 1 aliphatic heterocycles. The highest BCUT2D eigenvalue weighted by molar-refractivity contribution is 6.30. The van der Waals surface area contributed by atoms with E-state index in [1.165, 1.54) is 0 Å². The van der Waals surface area contributed by atoms with Gasteiger partial charge in [-0.25, -0.2) is 5.01 Å². The van der Waals surface area contributed by atoms with Crippen LogP contribution in [0.5, 0.6) is 0 Å². The van der Waals surface area contributed by atoms with Crippen LogP contribution in [-0.4, -0.2) is 21.2 Å². The smallest absolute Gasteiger partial charge is 0.240 e. The van der Waals surface area contributed by atoms with Gasteiger partial charge in [-0.2, -0.15) is 5.10 Å². The van der Waals surface area contributed by atoms with E-state index in [1.807, 2.05) is 60.7 Å². The Hall–Kier alpha value is -3.08. The van der Waals surface area contributed by atoms with E-state index in [-0.39, 0.29) is 11.9 Å². The molecule has 4 nitrogen and oxygen atoms in total. The highest BCUT2D eigenvalue weighted by Crippen LogP contribution is 2.38. The second-order valence-corrected chi connectivity index (χ2v) is 8.87. The van der Waals surface area contributed by atoms with Crippen molar-refractivity contribution in [3.8, 4) is 0 Å².